The number of para-hydroxylation sites is 1. The van der Waals surface area contributed by atoms with Crippen molar-refractivity contribution in [3.05, 3.63) is 29.8 Å². The van der Waals surface area contributed by atoms with Crippen LogP contribution in [0.25, 0.3) is 0 Å². The van der Waals surface area contributed by atoms with E-state index >= 15 is 0 Å². The van der Waals surface area contributed by atoms with Gasteiger partial charge in [0.1, 0.15) is 6.04 Å². The molecule has 4 heteroatoms. The number of amides is 1. The van der Waals surface area contributed by atoms with Crippen molar-refractivity contribution < 1.29 is 14.3 Å². The monoisotopic (exact) mass is 219 g/mol. The zero-order valence-electron chi connectivity index (χ0n) is 9.27. The first-order valence-electron chi connectivity index (χ1n) is 5.10. The molecule has 0 bridgehead atoms. The van der Waals surface area contributed by atoms with E-state index in [0.29, 0.717) is 6.42 Å². The van der Waals surface area contributed by atoms with Crippen LogP contribution < -0.4 is 4.90 Å². The maximum atomic E-state index is 11.6. The molecule has 16 heavy (non-hydrogen) atoms. The number of fused-ring (bicyclic) bond motifs is 1. The number of ether oxygens (including phenoxy) is 1. The standard InChI is InChI=1S/C12H13NO3/c1-8(14)13-10-6-4-3-5-9(10)7-11(13)12(15)16-2/h3-6,11H,7H2,1-2H3. The second-order valence-electron chi connectivity index (χ2n) is 3.76. The molecule has 1 aromatic carbocycles. The number of anilines is 1. The summed E-state index contributed by atoms with van der Waals surface area (Å²) in [6.45, 7) is 1.46. The van der Waals surface area contributed by atoms with Gasteiger partial charge in [0, 0.05) is 19.0 Å². The lowest BCUT2D eigenvalue weighted by Crippen LogP contribution is -2.42. The van der Waals surface area contributed by atoms with Gasteiger partial charge in [0.05, 0.1) is 7.11 Å². The second kappa shape index (κ2) is 3.96. The van der Waals surface area contributed by atoms with E-state index in [9.17, 15) is 9.59 Å². The zero-order chi connectivity index (χ0) is 11.7. The van der Waals surface area contributed by atoms with Gasteiger partial charge in [-0.25, -0.2) is 4.79 Å². The molecule has 84 valence electrons. The number of rotatable bonds is 1. The highest BCUT2D eigenvalue weighted by atomic mass is 16.5. The Balaban J connectivity index is 2.41. The van der Waals surface area contributed by atoms with E-state index in [1.165, 1.54) is 18.9 Å². The number of nitrogens with zero attached hydrogens (tertiary/aromatic N) is 1. The van der Waals surface area contributed by atoms with Crippen LogP contribution in [-0.4, -0.2) is 25.0 Å². The van der Waals surface area contributed by atoms with Crippen molar-refractivity contribution in [2.45, 2.75) is 19.4 Å². The van der Waals surface area contributed by atoms with Gasteiger partial charge in [-0.05, 0) is 11.6 Å². The fraction of sp³-hybridized carbons (Fsp3) is 0.333. The minimum atomic E-state index is -0.514. The van der Waals surface area contributed by atoms with Gasteiger partial charge in [-0.15, -0.1) is 0 Å². The van der Waals surface area contributed by atoms with E-state index < -0.39 is 6.04 Å². The summed E-state index contributed by atoms with van der Waals surface area (Å²) < 4.78 is 4.71. The molecular formula is C12H13NO3. The number of carbonyl (C=O) groups is 2. The first-order valence-corrected chi connectivity index (χ1v) is 5.10. The molecule has 1 unspecified atom stereocenters. The second-order valence-corrected chi connectivity index (χ2v) is 3.76. The first kappa shape index (κ1) is 10.7. The molecule has 2 rings (SSSR count). The highest BCUT2D eigenvalue weighted by molar-refractivity contribution is 6.01. The van der Waals surface area contributed by atoms with E-state index in [4.69, 9.17) is 4.74 Å². The number of benzene rings is 1. The Morgan fingerprint density at radius 2 is 2.06 bits per heavy atom. The van der Waals surface area contributed by atoms with Crippen molar-refractivity contribution in [3.8, 4) is 0 Å². The lowest BCUT2D eigenvalue weighted by atomic mass is 10.1. The number of carbonyl (C=O) groups excluding carboxylic acids is 2. The molecule has 0 spiro atoms. The van der Waals surface area contributed by atoms with Crippen molar-refractivity contribution in [2.24, 2.45) is 0 Å². The average molecular weight is 219 g/mol. The molecule has 0 aliphatic carbocycles. The smallest absolute Gasteiger partial charge is 0.329 e. The SMILES string of the molecule is COC(=O)C1Cc2ccccc2N1C(C)=O. The van der Waals surface area contributed by atoms with Gasteiger partial charge in [0.25, 0.3) is 0 Å². The molecule has 1 atom stereocenters. The van der Waals surface area contributed by atoms with E-state index in [1.807, 2.05) is 24.3 Å². The molecule has 1 amide bonds. The van der Waals surface area contributed by atoms with Crippen LogP contribution in [0.1, 0.15) is 12.5 Å². The molecule has 1 aromatic rings. The summed E-state index contributed by atoms with van der Waals surface area (Å²) in [6, 6.07) is 7.01. The van der Waals surface area contributed by atoms with E-state index in [2.05, 4.69) is 0 Å². The van der Waals surface area contributed by atoms with Gasteiger partial charge in [-0.3, -0.25) is 9.69 Å². The predicted molar refractivity (Wildman–Crippen MR) is 59.1 cm³/mol. The molecule has 4 nitrogen and oxygen atoms in total. The minimum Gasteiger partial charge on any atom is -0.467 e. The predicted octanol–water partition coefficient (Wildman–Crippen LogP) is 1.14. The third-order valence-electron chi connectivity index (χ3n) is 2.79. The van der Waals surface area contributed by atoms with Gasteiger partial charge in [0.15, 0.2) is 0 Å². The van der Waals surface area contributed by atoms with Crippen molar-refractivity contribution in [2.75, 3.05) is 12.0 Å². The Morgan fingerprint density at radius 3 is 2.69 bits per heavy atom. The van der Waals surface area contributed by atoms with Gasteiger partial charge in [-0.1, -0.05) is 18.2 Å². The van der Waals surface area contributed by atoms with Crippen LogP contribution in [-0.2, 0) is 20.7 Å². The fourth-order valence-electron chi connectivity index (χ4n) is 2.10. The molecule has 0 aromatic heterocycles. The molecular weight excluding hydrogens is 206 g/mol. The topological polar surface area (TPSA) is 46.6 Å². The molecule has 1 aliphatic rings. The van der Waals surface area contributed by atoms with Crippen molar-refractivity contribution >= 4 is 17.6 Å². The Labute approximate surface area is 93.8 Å². The van der Waals surface area contributed by atoms with Crippen LogP contribution in [0.5, 0.6) is 0 Å². The molecule has 1 aliphatic heterocycles. The van der Waals surface area contributed by atoms with E-state index in [-0.39, 0.29) is 11.9 Å². The quantitative estimate of drug-likeness (QED) is 0.665. The number of hydrogen-bond donors (Lipinski definition) is 0. The maximum absolute atomic E-state index is 11.6. The zero-order valence-corrected chi connectivity index (χ0v) is 9.27. The number of methoxy groups -OCH3 is 1. The minimum absolute atomic E-state index is 0.139. The number of hydrogen-bond acceptors (Lipinski definition) is 3. The maximum Gasteiger partial charge on any atom is 0.329 e. The van der Waals surface area contributed by atoms with Gasteiger partial charge < -0.3 is 4.74 Å². The van der Waals surface area contributed by atoms with Crippen LogP contribution in [0.3, 0.4) is 0 Å². The summed E-state index contributed by atoms with van der Waals surface area (Å²) in [4.78, 5) is 24.6. The lowest BCUT2D eigenvalue weighted by molar-refractivity contribution is -0.143. The highest BCUT2D eigenvalue weighted by Gasteiger charge is 2.37. The summed E-state index contributed by atoms with van der Waals surface area (Å²) in [5, 5.41) is 0. The summed E-state index contributed by atoms with van der Waals surface area (Å²) in [7, 11) is 1.34. The van der Waals surface area contributed by atoms with Gasteiger partial charge >= 0.3 is 5.97 Å². The fourth-order valence-corrected chi connectivity index (χ4v) is 2.10. The third kappa shape index (κ3) is 1.56. The largest absolute Gasteiger partial charge is 0.467 e. The van der Waals surface area contributed by atoms with Crippen LogP contribution in [0.4, 0.5) is 5.69 Å². The summed E-state index contributed by atoms with van der Waals surface area (Å²) in [5.74, 6) is -0.508. The Bertz CT molecular complexity index is 442. The molecule has 0 saturated heterocycles. The van der Waals surface area contributed by atoms with Crippen molar-refractivity contribution in [3.63, 3.8) is 0 Å². The van der Waals surface area contributed by atoms with Crippen LogP contribution in [0, 0.1) is 0 Å². The number of esters is 1. The summed E-state index contributed by atoms with van der Waals surface area (Å²) >= 11 is 0. The third-order valence-corrected chi connectivity index (χ3v) is 2.79. The average Bonchev–Trinajstić information content (AvgIpc) is 2.67. The van der Waals surface area contributed by atoms with Crippen LogP contribution >= 0.6 is 0 Å². The molecule has 0 radical (unpaired) electrons. The van der Waals surface area contributed by atoms with Crippen LogP contribution in [0.15, 0.2) is 24.3 Å². The highest BCUT2D eigenvalue weighted by Crippen LogP contribution is 2.32. The van der Waals surface area contributed by atoms with Gasteiger partial charge in [0.2, 0.25) is 5.91 Å². The van der Waals surface area contributed by atoms with E-state index in [1.54, 1.807) is 0 Å². The molecule has 0 N–H and O–H groups in total. The molecule has 0 saturated carbocycles. The molecule has 1 heterocycles. The van der Waals surface area contributed by atoms with Gasteiger partial charge in [-0.2, -0.15) is 0 Å². The normalized spacial score (nSPS) is 18.1. The summed E-state index contributed by atoms with van der Waals surface area (Å²) in [6.07, 6.45) is 0.530. The summed E-state index contributed by atoms with van der Waals surface area (Å²) in [5.41, 5.74) is 1.82. The van der Waals surface area contributed by atoms with E-state index in [0.717, 1.165) is 11.3 Å². The Morgan fingerprint density at radius 1 is 1.38 bits per heavy atom. The molecule has 0 fully saturated rings. The van der Waals surface area contributed by atoms with Crippen molar-refractivity contribution in [1.29, 1.82) is 0 Å². The Kier molecular flexibility index (Phi) is 2.64. The lowest BCUT2D eigenvalue weighted by Gasteiger charge is -2.21. The first-order chi connectivity index (χ1) is 7.65. The van der Waals surface area contributed by atoms with Crippen molar-refractivity contribution in [1.82, 2.24) is 0 Å². The van der Waals surface area contributed by atoms with Crippen LogP contribution in [0.2, 0.25) is 0 Å². The Hall–Kier alpha value is -1.84.